The van der Waals surface area contributed by atoms with Gasteiger partial charge in [-0.2, -0.15) is 0 Å². The number of nitrogens with one attached hydrogen (secondary N) is 1. The van der Waals surface area contributed by atoms with Crippen LogP contribution in [0.4, 0.5) is 0 Å². The molecule has 1 N–H and O–H groups in total. The van der Waals surface area contributed by atoms with Crippen LogP contribution in [0.25, 0.3) is 11.0 Å². The van der Waals surface area contributed by atoms with Crippen LogP contribution < -0.4 is 10.2 Å². The smallest absolute Gasteiger partial charge is 0.263 e. The summed E-state index contributed by atoms with van der Waals surface area (Å²) in [4.78, 5) is 22.5. The molecule has 2 heterocycles. The van der Waals surface area contributed by atoms with Gasteiger partial charge in [0.2, 0.25) is 0 Å². The molecular formula is C21H23N3O4. The molecule has 0 bridgehead atoms. The Morgan fingerprint density at radius 1 is 1.14 bits per heavy atom. The lowest BCUT2D eigenvalue weighted by atomic mass is 10.2. The van der Waals surface area contributed by atoms with E-state index >= 15 is 0 Å². The number of aromatic nitrogens is 2. The molecule has 2 aromatic carbocycles. The van der Waals surface area contributed by atoms with Crippen molar-refractivity contribution in [1.29, 1.82) is 0 Å². The van der Waals surface area contributed by atoms with E-state index < -0.39 is 0 Å². The highest BCUT2D eigenvalue weighted by molar-refractivity contribution is 5.80. The maximum atomic E-state index is 12.4. The number of carbonyl (C=O) groups is 1. The van der Waals surface area contributed by atoms with Gasteiger partial charge in [-0.15, -0.1) is 0 Å². The van der Waals surface area contributed by atoms with E-state index in [1.807, 2.05) is 59.2 Å². The Morgan fingerprint density at radius 3 is 2.79 bits per heavy atom. The van der Waals surface area contributed by atoms with Crippen LogP contribution in [0.2, 0.25) is 0 Å². The van der Waals surface area contributed by atoms with Gasteiger partial charge in [0.05, 0.1) is 11.0 Å². The molecule has 1 aromatic heterocycles. The molecule has 0 aliphatic carbocycles. The second kappa shape index (κ2) is 8.86. The molecule has 1 fully saturated rings. The van der Waals surface area contributed by atoms with E-state index in [0.29, 0.717) is 12.4 Å². The van der Waals surface area contributed by atoms with Crippen molar-refractivity contribution in [3.8, 4) is 5.75 Å². The van der Waals surface area contributed by atoms with Crippen LogP contribution in [-0.4, -0.2) is 28.4 Å². The summed E-state index contributed by atoms with van der Waals surface area (Å²) >= 11 is 0. The van der Waals surface area contributed by atoms with Gasteiger partial charge >= 0.3 is 0 Å². The molecule has 1 atom stereocenters. The van der Waals surface area contributed by atoms with Gasteiger partial charge in [0.25, 0.3) is 5.91 Å². The van der Waals surface area contributed by atoms with E-state index in [0.717, 1.165) is 36.0 Å². The molecule has 4 rings (SSSR count). The first-order chi connectivity index (χ1) is 13.8. The van der Waals surface area contributed by atoms with Crippen LogP contribution in [0, 0.1) is 0 Å². The van der Waals surface area contributed by atoms with Gasteiger partial charge in [-0.3, -0.25) is 4.79 Å². The highest BCUT2D eigenvalue weighted by atomic mass is 16.8. The summed E-state index contributed by atoms with van der Waals surface area (Å²) in [6.07, 6.45) is 2.47. The highest BCUT2D eigenvalue weighted by Crippen LogP contribution is 2.18. The van der Waals surface area contributed by atoms with E-state index in [2.05, 4.69) is 10.5 Å². The van der Waals surface area contributed by atoms with Gasteiger partial charge in [-0.25, -0.2) is 15.3 Å². The Balaban J connectivity index is 1.45. The molecule has 1 unspecified atom stereocenters. The van der Waals surface area contributed by atoms with E-state index in [4.69, 9.17) is 14.3 Å². The van der Waals surface area contributed by atoms with E-state index in [-0.39, 0.29) is 25.3 Å². The van der Waals surface area contributed by atoms with Crippen LogP contribution in [0.5, 0.6) is 5.75 Å². The number of nitrogens with zero attached hydrogens (tertiary/aromatic N) is 2. The Morgan fingerprint density at radius 2 is 1.96 bits per heavy atom. The van der Waals surface area contributed by atoms with Crippen LogP contribution in [0.15, 0.2) is 54.6 Å². The number of hydrogen-bond acceptors (Lipinski definition) is 5. The fourth-order valence-corrected chi connectivity index (χ4v) is 3.19. The number of para-hydroxylation sites is 3. The summed E-state index contributed by atoms with van der Waals surface area (Å²) in [5.41, 5.74) is 4.19. The quantitative estimate of drug-likeness (QED) is 0.636. The van der Waals surface area contributed by atoms with Crippen molar-refractivity contribution in [2.75, 3.05) is 6.61 Å². The van der Waals surface area contributed by atoms with E-state index in [1.54, 1.807) is 0 Å². The minimum Gasteiger partial charge on any atom is -0.486 e. The molecule has 1 saturated heterocycles. The average molecular weight is 381 g/mol. The molecule has 1 aliphatic heterocycles. The van der Waals surface area contributed by atoms with Gasteiger partial charge in [-0.1, -0.05) is 30.3 Å². The van der Waals surface area contributed by atoms with Gasteiger partial charge in [0.15, 0.2) is 6.29 Å². The summed E-state index contributed by atoms with van der Waals surface area (Å²) in [5, 5.41) is 0. The van der Waals surface area contributed by atoms with Gasteiger partial charge < -0.3 is 14.0 Å². The fourth-order valence-electron chi connectivity index (χ4n) is 3.19. The van der Waals surface area contributed by atoms with Crippen LogP contribution in [0.1, 0.15) is 25.1 Å². The van der Waals surface area contributed by atoms with E-state index in [9.17, 15) is 4.79 Å². The first-order valence-corrected chi connectivity index (χ1v) is 9.48. The highest BCUT2D eigenvalue weighted by Gasteiger charge is 2.18. The first-order valence-electron chi connectivity index (χ1n) is 9.48. The number of carbonyl (C=O) groups excluding carboxylic acids is 1. The molecule has 0 spiro atoms. The lowest BCUT2D eigenvalue weighted by Gasteiger charge is -2.22. The molecule has 0 saturated carbocycles. The number of imidazole rings is 1. The van der Waals surface area contributed by atoms with Crippen molar-refractivity contribution in [3.63, 3.8) is 0 Å². The third-order valence-electron chi connectivity index (χ3n) is 4.59. The monoisotopic (exact) mass is 381 g/mol. The molecule has 7 nitrogen and oxygen atoms in total. The summed E-state index contributed by atoms with van der Waals surface area (Å²) in [6.45, 7) is 1.01. The van der Waals surface area contributed by atoms with Gasteiger partial charge in [-0.05, 0) is 37.1 Å². The normalized spacial score (nSPS) is 16.8. The minimum atomic E-state index is -0.377. The largest absolute Gasteiger partial charge is 0.486 e. The predicted molar refractivity (Wildman–Crippen MR) is 103 cm³/mol. The molecular weight excluding hydrogens is 358 g/mol. The van der Waals surface area contributed by atoms with Gasteiger partial charge in [0.1, 0.15) is 24.7 Å². The maximum Gasteiger partial charge on any atom is 0.263 e. The van der Waals surface area contributed by atoms with Crippen molar-refractivity contribution in [3.05, 3.63) is 60.4 Å². The standard InChI is InChI=1S/C21H23N3O4/c25-20(23-28-21-12-6-7-13-26-21)14-24-18-11-5-4-10-17(18)22-19(24)15-27-16-8-2-1-3-9-16/h1-5,8-11,21H,6-7,12-15H2,(H,23,25). The average Bonchev–Trinajstić information content (AvgIpc) is 3.10. The number of ether oxygens (including phenoxy) is 2. The predicted octanol–water partition coefficient (Wildman–Crippen LogP) is 3.19. The Bertz CT molecular complexity index is 920. The molecule has 1 amide bonds. The summed E-state index contributed by atoms with van der Waals surface area (Å²) < 4.78 is 13.1. The third-order valence-corrected chi connectivity index (χ3v) is 4.59. The first kappa shape index (κ1) is 18.5. The molecule has 28 heavy (non-hydrogen) atoms. The number of amides is 1. The molecule has 0 radical (unpaired) electrons. The minimum absolute atomic E-state index is 0.0840. The van der Waals surface area contributed by atoms with Crippen molar-refractivity contribution in [1.82, 2.24) is 15.0 Å². The number of benzene rings is 2. The zero-order valence-corrected chi connectivity index (χ0v) is 15.5. The summed E-state index contributed by atoms with van der Waals surface area (Å²) in [6, 6.07) is 17.2. The van der Waals surface area contributed by atoms with Crippen LogP contribution >= 0.6 is 0 Å². The van der Waals surface area contributed by atoms with Crippen molar-refractivity contribution >= 4 is 16.9 Å². The zero-order chi connectivity index (χ0) is 19.2. The summed E-state index contributed by atoms with van der Waals surface area (Å²) in [5.74, 6) is 1.16. The maximum absolute atomic E-state index is 12.4. The number of hydrogen-bond donors (Lipinski definition) is 1. The zero-order valence-electron chi connectivity index (χ0n) is 15.5. The summed E-state index contributed by atoms with van der Waals surface area (Å²) in [7, 11) is 0. The van der Waals surface area contributed by atoms with E-state index in [1.165, 1.54) is 0 Å². The van der Waals surface area contributed by atoms with Crippen molar-refractivity contribution < 1.29 is 19.1 Å². The number of fused-ring (bicyclic) bond motifs is 1. The van der Waals surface area contributed by atoms with Crippen molar-refractivity contribution in [2.45, 2.75) is 38.7 Å². The molecule has 1 aliphatic rings. The third kappa shape index (κ3) is 4.49. The lowest BCUT2D eigenvalue weighted by Crippen LogP contribution is -2.35. The second-order valence-corrected chi connectivity index (χ2v) is 6.64. The Kier molecular flexibility index (Phi) is 5.84. The fraction of sp³-hybridized carbons (Fsp3) is 0.333. The SMILES string of the molecule is O=C(Cn1c(COc2ccccc2)nc2ccccc21)NOC1CCCCO1. The topological polar surface area (TPSA) is 74.6 Å². The van der Waals surface area contributed by atoms with Crippen LogP contribution in [-0.2, 0) is 27.5 Å². The lowest BCUT2D eigenvalue weighted by molar-refractivity contribution is -0.200. The number of rotatable bonds is 7. The Hall–Kier alpha value is -2.90. The number of hydroxylamine groups is 1. The van der Waals surface area contributed by atoms with Crippen molar-refractivity contribution in [2.24, 2.45) is 0 Å². The molecule has 7 heteroatoms. The molecule has 3 aromatic rings. The van der Waals surface area contributed by atoms with Gasteiger partial charge in [0, 0.05) is 13.0 Å². The van der Waals surface area contributed by atoms with Crippen LogP contribution in [0.3, 0.4) is 0 Å². The Labute approximate surface area is 163 Å². The second-order valence-electron chi connectivity index (χ2n) is 6.64. The molecule has 146 valence electrons.